The highest BCUT2D eigenvalue weighted by Gasteiger charge is 2.09. The quantitative estimate of drug-likeness (QED) is 0.455. The van der Waals surface area contributed by atoms with Gasteiger partial charge in [0.1, 0.15) is 6.04 Å². The van der Waals surface area contributed by atoms with Gasteiger partial charge < -0.3 is 16.4 Å². The Labute approximate surface area is 59.0 Å². The average molecular weight is 145 g/mol. The van der Waals surface area contributed by atoms with Gasteiger partial charge in [-0.25, -0.2) is 4.79 Å². The molecule has 0 aliphatic rings. The van der Waals surface area contributed by atoms with Crippen molar-refractivity contribution < 1.29 is 9.59 Å². The molecule has 3 amide bonds. The molecule has 0 fully saturated rings. The Morgan fingerprint density at radius 2 is 2.00 bits per heavy atom. The monoisotopic (exact) mass is 145 g/mol. The molecule has 1 atom stereocenters. The highest BCUT2D eigenvalue weighted by molar-refractivity contribution is 5.85. The van der Waals surface area contributed by atoms with Crippen LogP contribution in [0.25, 0.3) is 0 Å². The summed E-state index contributed by atoms with van der Waals surface area (Å²) in [5.41, 5.74) is 4.86. The molecule has 0 saturated carbocycles. The second-order valence-electron chi connectivity index (χ2n) is 1.85. The van der Waals surface area contributed by atoms with Crippen molar-refractivity contribution in [2.45, 2.75) is 13.0 Å². The molecule has 0 spiro atoms. The van der Waals surface area contributed by atoms with E-state index in [0.717, 1.165) is 0 Å². The van der Waals surface area contributed by atoms with Crippen LogP contribution in [0.4, 0.5) is 4.79 Å². The second kappa shape index (κ2) is 3.71. The minimum Gasteiger partial charge on any atom is -0.368 e. The number of nitrogens with one attached hydrogen (secondary N) is 2. The van der Waals surface area contributed by atoms with Crippen LogP contribution in [0.5, 0.6) is 0 Å². The van der Waals surface area contributed by atoms with Crippen molar-refractivity contribution in [1.82, 2.24) is 10.6 Å². The lowest BCUT2D eigenvalue weighted by Gasteiger charge is -2.08. The fourth-order valence-corrected chi connectivity index (χ4v) is 0.340. The van der Waals surface area contributed by atoms with E-state index in [0.29, 0.717) is 0 Å². The third-order valence-electron chi connectivity index (χ3n) is 1.00. The number of carbonyl (C=O) groups is 2. The molecule has 0 radical (unpaired) electrons. The molecule has 0 aliphatic carbocycles. The van der Waals surface area contributed by atoms with Gasteiger partial charge in [0.25, 0.3) is 0 Å². The molecule has 0 heterocycles. The van der Waals surface area contributed by atoms with E-state index < -0.39 is 18.0 Å². The zero-order chi connectivity index (χ0) is 8.15. The van der Waals surface area contributed by atoms with Gasteiger partial charge in [-0.3, -0.25) is 4.79 Å². The first-order chi connectivity index (χ1) is 4.57. The molecule has 0 aromatic carbocycles. The molecule has 5 heteroatoms. The van der Waals surface area contributed by atoms with E-state index in [1.54, 1.807) is 0 Å². The van der Waals surface area contributed by atoms with Crippen LogP contribution in [0.3, 0.4) is 0 Å². The molecule has 0 aromatic heterocycles. The fourth-order valence-electron chi connectivity index (χ4n) is 0.340. The summed E-state index contributed by atoms with van der Waals surface area (Å²) >= 11 is 0. The van der Waals surface area contributed by atoms with Gasteiger partial charge in [0.2, 0.25) is 5.91 Å². The normalized spacial score (nSPS) is 11.8. The van der Waals surface area contributed by atoms with E-state index in [9.17, 15) is 9.59 Å². The van der Waals surface area contributed by atoms with Gasteiger partial charge >= 0.3 is 6.03 Å². The van der Waals surface area contributed by atoms with Crippen molar-refractivity contribution in [3.63, 3.8) is 0 Å². The number of urea groups is 1. The second-order valence-corrected chi connectivity index (χ2v) is 1.85. The van der Waals surface area contributed by atoms with E-state index in [-0.39, 0.29) is 0 Å². The van der Waals surface area contributed by atoms with Gasteiger partial charge in [-0.15, -0.1) is 0 Å². The Hall–Kier alpha value is -1.26. The molecule has 1 unspecified atom stereocenters. The first kappa shape index (κ1) is 8.74. The SMILES string of the molecule is CNC(=O)NC(C)C(N)=O. The molecule has 58 valence electrons. The van der Waals surface area contributed by atoms with Gasteiger partial charge in [0.15, 0.2) is 0 Å². The third-order valence-corrected chi connectivity index (χ3v) is 1.00. The highest BCUT2D eigenvalue weighted by atomic mass is 16.2. The topological polar surface area (TPSA) is 84.2 Å². The van der Waals surface area contributed by atoms with E-state index in [1.807, 2.05) is 0 Å². The van der Waals surface area contributed by atoms with Gasteiger partial charge in [-0.05, 0) is 6.92 Å². The lowest BCUT2D eigenvalue weighted by Crippen LogP contribution is -2.45. The number of nitrogens with two attached hydrogens (primary N) is 1. The van der Waals surface area contributed by atoms with Crippen molar-refractivity contribution in [1.29, 1.82) is 0 Å². The third kappa shape index (κ3) is 2.91. The Balaban J connectivity index is 3.68. The Morgan fingerprint density at radius 3 is 2.30 bits per heavy atom. The van der Waals surface area contributed by atoms with Crippen LogP contribution in [-0.4, -0.2) is 25.0 Å². The van der Waals surface area contributed by atoms with E-state index in [4.69, 9.17) is 5.73 Å². The van der Waals surface area contributed by atoms with Crippen molar-refractivity contribution >= 4 is 11.9 Å². The smallest absolute Gasteiger partial charge is 0.315 e. The van der Waals surface area contributed by atoms with Crippen molar-refractivity contribution in [3.05, 3.63) is 0 Å². The molecule has 0 saturated heterocycles. The zero-order valence-corrected chi connectivity index (χ0v) is 5.97. The average Bonchev–Trinajstić information content (AvgIpc) is 1.87. The van der Waals surface area contributed by atoms with Gasteiger partial charge in [0, 0.05) is 7.05 Å². The van der Waals surface area contributed by atoms with Crippen LogP contribution >= 0.6 is 0 Å². The minimum atomic E-state index is -0.625. The predicted octanol–water partition coefficient (Wildman–Crippen LogP) is -1.21. The molecule has 0 bridgehead atoms. The van der Waals surface area contributed by atoms with E-state index in [1.165, 1.54) is 14.0 Å². The summed E-state index contributed by atoms with van der Waals surface area (Å²) in [6.07, 6.45) is 0. The number of amides is 3. The van der Waals surface area contributed by atoms with Crippen LogP contribution in [0.15, 0.2) is 0 Å². The van der Waals surface area contributed by atoms with E-state index in [2.05, 4.69) is 10.6 Å². The Bertz CT molecular complexity index is 146. The van der Waals surface area contributed by atoms with Crippen molar-refractivity contribution in [2.75, 3.05) is 7.05 Å². The maximum Gasteiger partial charge on any atom is 0.315 e. The summed E-state index contributed by atoms with van der Waals surface area (Å²) < 4.78 is 0. The van der Waals surface area contributed by atoms with Crippen LogP contribution in [0, 0.1) is 0 Å². The van der Waals surface area contributed by atoms with Crippen LogP contribution in [0.2, 0.25) is 0 Å². The number of hydrogen-bond acceptors (Lipinski definition) is 2. The van der Waals surface area contributed by atoms with Gasteiger partial charge in [-0.2, -0.15) is 0 Å². The number of carbonyl (C=O) groups excluding carboxylic acids is 2. The maximum atomic E-state index is 10.5. The standard InChI is InChI=1S/C5H11N3O2/c1-3(4(6)9)8-5(10)7-2/h3H,1-2H3,(H2,6,9)(H2,7,8,10). The predicted molar refractivity (Wildman–Crippen MR) is 36.2 cm³/mol. The summed E-state index contributed by atoms with van der Waals surface area (Å²) in [5, 5.41) is 4.60. The van der Waals surface area contributed by atoms with Crippen molar-refractivity contribution in [3.8, 4) is 0 Å². The first-order valence-electron chi connectivity index (χ1n) is 2.85. The first-order valence-corrected chi connectivity index (χ1v) is 2.85. The van der Waals surface area contributed by atoms with Crippen LogP contribution in [-0.2, 0) is 4.79 Å². The molecule has 5 nitrogen and oxygen atoms in total. The lowest BCUT2D eigenvalue weighted by molar-refractivity contribution is -0.119. The Morgan fingerprint density at radius 1 is 1.50 bits per heavy atom. The molecule has 0 aromatic rings. The van der Waals surface area contributed by atoms with Crippen LogP contribution < -0.4 is 16.4 Å². The molecule has 4 N–H and O–H groups in total. The summed E-state index contributed by atoms with van der Waals surface area (Å²) in [6, 6.07) is -1.04. The molecular weight excluding hydrogens is 134 g/mol. The number of rotatable bonds is 2. The van der Waals surface area contributed by atoms with Gasteiger partial charge in [0.05, 0.1) is 0 Å². The van der Waals surface area contributed by atoms with E-state index >= 15 is 0 Å². The largest absolute Gasteiger partial charge is 0.368 e. The molecule has 0 aliphatic heterocycles. The zero-order valence-electron chi connectivity index (χ0n) is 5.97. The Kier molecular flexibility index (Phi) is 3.24. The minimum absolute atomic E-state index is 0.411. The summed E-state index contributed by atoms with van der Waals surface area (Å²) in [6.45, 7) is 1.51. The summed E-state index contributed by atoms with van der Waals surface area (Å²) in [5.74, 6) is -0.552. The molecule has 0 rings (SSSR count). The highest BCUT2D eigenvalue weighted by Crippen LogP contribution is 1.76. The lowest BCUT2D eigenvalue weighted by atomic mass is 10.3. The number of hydrogen-bond donors (Lipinski definition) is 3. The molecular formula is C5H11N3O2. The summed E-state index contributed by atoms with van der Waals surface area (Å²) in [7, 11) is 1.46. The van der Waals surface area contributed by atoms with Crippen LogP contribution in [0.1, 0.15) is 6.92 Å². The van der Waals surface area contributed by atoms with Gasteiger partial charge in [-0.1, -0.05) is 0 Å². The summed E-state index contributed by atoms with van der Waals surface area (Å²) in [4.78, 5) is 20.8. The fraction of sp³-hybridized carbons (Fsp3) is 0.600. The number of primary amides is 1. The maximum absolute atomic E-state index is 10.5. The molecule has 10 heavy (non-hydrogen) atoms. The van der Waals surface area contributed by atoms with Crippen molar-refractivity contribution in [2.24, 2.45) is 5.73 Å².